The van der Waals surface area contributed by atoms with E-state index in [9.17, 15) is 9.18 Å². The predicted octanol–water partition coefficient (Wildman–Crippen LogP) is 7.49. The number of ether oxygens (including phenoxy) is 3. The molecule has 1 aliphatic heterocycles. The van der Waals surface area contributed by atoms with Gasteiger partial charge in [-0.05, 0) is 75.1 Å². The van der Waals surface area contributed by atoms with Crippen molar-refractivity contribution in [2.24, 2.45) is 0 Å². The molecule has 0 bridgehead atoms. The lowest BCUT2D eigenvalue weighted by Crippen LogP contribution is -2.32. The summed E-state index contributed by atoms with van der Waals surface area (Å²) < 4.78 is 31.3. The summed E-state index contributed by atoms with van der Waals surface area (Å²) in [5, 5.41) is 6.29. The number of nitrogens with one attached hydrogen (secondary N) is 2. The molecule has 1 heterocycles. The van der Waals surface area contributed by atoms with E-state index in [0.29, 0.717) is 23.8 Å². The Morgan fingerprint density at radius 2 is 1.79 bits per heavy atom. The molecule has 6 nitrogen and oxygen atoms in total. The summed E-state index contributed by atoms with van der Waals surface area (Å²) in [6, 6.07) is 13.9. The minimum atomic E-state index is -0.510. The van der Waals surface area contributed by atoms with Crippen molar-refractivity contribution in [1.82, 2.24) is 5.32 Å². The lowest BCUT2D eigenvalue weighted by Gasteiger charge is -2.33. The van der Waals surface area contributed by atoms with E-state index in [1.807, 2.05) is 26.0 Å². The number of carbonyl (C=O) groups excluding carboxylic acids is 1. The van der Waals surface area contributed by atoms with E-state index in [0.717, 1.165) is 45.5 Å². The van der Waals surface area contributed by atoms with Gasteiger partial charge in [0.25, 0.3) is 0 Å². The normalized spacial score (nSPS) is 13.6. The molecule has 3 aromatic rings. The van der Waals surface area contributed by atoms with Gasteiger partial charge < -0.3 is 24.8 Å². The lowest BCUT2D eigenvalue weighted by molar-refractivity contribution is 0.200. The molecule has 0 saturated heterocycles. The van der Waals surface area contributed by atoms with Gasteiger partial charge in [0.1, 0.15) is 29.7 Å². The number of fused-ring (bicyclic) bond motifs is 1. The number of benzene rings is 3. The highest BCUT2D eigenvalue weighted by molar-refractivity contribution is 5.88. The number of hydrogen-bond donors (Lipinski definition) is 2. The van der Waals surface area contributed by atoms with E-state index in [1.165, 1.54) is 12.1 Å². The van der Waals surface area contributed by atoms with Gasteiger partial charge in [-0.15, -0.1) is 0 Å². The Bertz CT molecular complexity index is 1380. The fourth-order valence-corrected chi connectivity index (χ4v) is 4.81. The molecule has 3 aromatic carbocycles. The standard InChI is InChI=1S/C31H35FN2O4/c1-7-14-33-30(35)38-22-10-11-24(28(16-22)36-6)23-12-13-26-29(20(3)17-31(4,5)34-26)25(23)18-37-27-15-21(32)9-8-19(27)2/h8-13,15-17,34H,7,14,18H2,1-6H3,(H,33,35). The molecule has 0 radical (unpaired) electrons. The fourth-order valence-electron chi connectivity index (χ4n) is 4.81. The molecule has 0 aliphatic carbocycles. The maximum absolute atomic E-state index is 14.0. The molecule has 1 aliphatic rings. The summed E-state index contributed by atoms with van der Waals surface area (Å²) in [6.45, 7) is 11.0. The molecule has 38 heavy (non-hydrogen) atoms. The molecule has 0 spiro atoms. The van der Waals surface area contributed by atoms with E-state index in [4.69, 9.17) is 14.2 Å². The third kappa shape index (κ3) is 5.93. The van der Waals surface area contributed by atoms with Gasteiger partial charge in [0, 0.05) is 41.1 Å². The first-order valence-electron chi connectivity index (χ1n) is 12.8. The van der Waals surface area contributed by atoms with E-state index in [1.54, 1.807) is 25.3 Å². The quantitative estimate of drug-likeness (QED) is 0.323. The van der Waals surface area contributed by atoms with E-state index in [2.05, 4.69) is 43.5 Å². The summed E-state index contributed by atoms with van der Waals surface area (Å²) in [5.74, 6) is 1.08. The second-order valence-corrected chi connectivity index (χ2v) is 10.1. The molecule has 0 unspecified atom stereocenters. The molecule has 200 valence electrons. The SMILES string of the molecule is CCCNC(=O)Oc1ccc(-c2ccc3c(c2COc2cc(F)ccc2C)C(C)=CC(C)(C)N3)c(OC)c1. The minimum Gasteiger partial charge on any atom is -0.496 e. The molecular weight excluding hydrogens is 483 g/mol. The Morgan fingerprint density at radius 1 is 1.03 bits per heavy atom. The van der Waals surface area contributed by atoms with Gasteiger partial charge in [-0.2, -0.15) is 0 Å². The number of hydrogen-bond acceptors (Lipinski definition) is 5. The number of amides is 1. The van der Waals surface area contributed by atoms with Crippen molar-refractivity contribution in [1.29, 1.82) is 0 Å². The van der Waals surface area contributed by atoms with Crippen LogP contribution in [0.25, 0.3) is 16.7 Å². The van der Waals surface area contributed by atoms with Gasteiger partial charge in [-0.3, -0.25) is 0 Å². The zero-order valence-corrected chi connectivity index (χ0v) is 22.8. The molecule has 0 aromatic heterocycles. The van der Waals surface area contributed by atoms with Crippen molar-refractivity contribution in [2.75, 3.05) is 19.0 Å². The summed E-state index contributed by atoms with van der Waals surface area (Å²) in [6.07, 6.45) is 2.50. The van der Waals surface area contributed by atoms with Crippen LogP contribution >= 0.6 is 0 Å². The number of rotatable bonds is 8. The summed E-state index contributed by atoms with van der Waals surface area (Å²) >= 11 is 0. The van der Waals surface area contributed by atoms with Gasteiger partial charge in [0.05, 0.1) is 12.6 Å². The van der Waals surface area contributed by atoms with Crippen LogP contribution in [0, 0.1) is 12.7 Å². The first kappa shape index (κ1) is 27.0. The highest BCUT2D eigenvalue weighted by Crippen LogP contribution is 2.43. The van der Waals surface area contributed by atoms with E-state index in [-0.39, 0.29) is 18.0 Å². The number of halogens is 1. The smallest absolute Gasteiger partial charge is 0.412 e. The zero-order chi connectivity index (χ0) is 27.4. The van der Waals surface area contributed by atoms with Gasteiger partial charge in [0.15, 0.2) is 0 Å². The third-order valence-corrected chi connectivity index (χ3v) is 6.46. The zero-order valence-electron chi connectivity index (χ0n) is 22.8. The maximum Gasteiger partial charge on any atom is 0.412 e. The van der Waals surface area contributed by atoms with Gasteiger partial charge >= 0.3 is 6.09 Å². The number of aryl methyl sites for hydroxylation is 1. The van der Waals surface area contributed by atoms with Crippen LogP contribution in [0.2, 0.25) is 0 Å². The Labute approximate surface area is 223 Å². The van der Waals surface area contributed by atoms with Crippen LogP contribution in [-0.2, 0) is 6.61 Å². The Hall–Kier alpha value is -4.00. The molecule has 1 amide bonds. The molecule has 2 N–H and O–H groups in total. The molecule has 4 rings (SSSR count). The van der Waals surface area contributed by atoms with Crippen molar-refractivity contribution in [3.8, 4) is 28.4 Å². The first-order valence-corrected chi connectivity index (χ1v) is 12.8. The molecule has 7 heteroatoms. The fraction of sp³-hybridized carbons (Fsp3) is 0.323. The minimum absolute atomic E-state index is 0.203. The molecule has 0 saturated carbocycles. The van der Waals surface area contributed by atoms with Crippen molar-refractivity contribution in [2.45, 2.75) is 53.2 Å². The highest BCUT2D eigenvalue weighted by atomic mass is 19.1. The summed E-state index contributed by atoms with van der Waals surface area (Å²) in [7, 11) is 1.58. The monoisotopic (exact) mass is 518 g/mol. The van der Waals surface area contributed by atoms with Crippen LogP contribution < -0.4 is 24.8 Å². The van der Waals surface area contributed by atoms with Crippen molar-refractivity contribution >= 4 is 17.4 Å². The van der Waals surface area contributed by atoms with Crippen LogP contribution in [-0.4, -0.2) is 25.3 Å². The number of allylic oxidation sites excluding steroid dienone is 1. The molecular formula is C31H35FN2O4. The lowest BCUT2D eigenvalue weighted by atomic mass is 9.85. The Morgan fingerprint density at radius 3 is 2.53 bits per heavy atom. The van der Waals surface area contributed by atoms with Gasteiger partial charge in [0.2, 0.25) is 0 Å². The van der Waals surface area contributed by atoms with Crippen molar-refractivity contribution in [3.63, 3.8) is 0 Å². The Kier molecular flexibility index (Phi) is 7.95. The second-order valence-electron chi connectivity index (χ2n) is 10.1. The van der Waals surface area contributed by atoms with E-state index < -0.39 is 6.09 Å². The van der Waals surface area contributed by atoms with E-state index >= 15 is 0 Å². The van der Waals surface area contributed by atoms with Crippen molar-refractivity contribution in [3.05, 3.63) is 77.1 Å². The van der Waals surface area contributed by atoms with Crippen LogP contribution in [0.3, 0.4) is 0 Å². The van der Waals surface area contributed by atoms with Crippen LogP contribution in [0.5, 0.6) is 17.2 Å². The van der Waals surface area contributed by atoms with Gasteiger partial charge in [-0.25, -0.2) is 9.18 Å². The predicted molar refractivity (Wildman–Crippen MR) is 150 cm³/mol. The number of methoxy groups -OCH3 is 1. The maximum atomic E-state index is 14.0. The second kappa shape index (κ2) is 11.2. The largest absolute Gasteiger partial charge is 0.496 e. The topological polar surface area (TPSA) is 68.8 Å². The van der Waals surface area contributed by atoms with Gasteiger partial charge in [-0.1, -0.05) is 25.1 Å². The third-order valence-electron chi connectivity index (χ3n) is 6.46. The highest BCUT2D eigenvalue weighted by Gasteiger charge is 2.27. The van der Waals surface area contributed by atoms with Crippen LogP contribution in [0.1, 0.15) is 50.8 Å². The van der Waals surface area contributed by atoms with Crippen LogP contribution in [0.15, 0.2) is 54.6 Å². The first-order chi connectivity index (χ1) is 18.1. The average Bonchev–Trinajstić information content (AvgIpc) is 2.87. The summed E-state index contributed by atoms with van der Waals surface area (Å²) in [5.41, 5.74) is 6.48. The number of anilines is 1. The average molecular weight is 519 g/mol. The van der Waals surface area contributed by atoms with Crippen molar-refractivity contribution < 1.29 is 23.4 Å². The molecule has 0 fully saturated rings. The Balaban J connectivity index is 1.78. The van der Waals surface area contributed by atoms with Crippen LogP contribution in [0.4, 0.5) is 14.9 Å². The summed E-state index contributed by atoms with van der Waals surface area (Å²) in [4.78, 5) is 12.1. The molecule has 0 atom stereocenters. The number of carbonyl (C=O) groups is 1.